The molecule has 254 valence electrons. The third-order valence-electron chi connectivity index (χ3n) is 9.42. The first-order valence-corrected chi connectivity index (χ1v) is 17.5. The lowest BCUT2D eigenvalue weighted by Gasteiger charge is -2.39. The normalized spacial score (nSPS) is 21.1. The van der Waals surface area contributed by atoms with Crippen molar-refractivity contribution >= 4 is 16.1 Å². The summed E-state index contributed by atoms with van der Waals surface area (Å²) in [6, 6.07) is 23.9. The first-order valence-electron chi connectivity index (χ1n) is 16.0. The van der Waals surface area contributed by atoms with Gasteiger partial charge in [-0.1, -0.05) is 60.7 Å². The summed E-state index contributed by atoms with van der Waals surface area (Å²) in [5.74, 6) is -0.143. The number of sulfonamides is 1. The second-order valence-corrected chi connectivity index (χ2v) is 14.3. The fourth-order valence-corrected chi connectivity index (χ4v) is 8.34. The van der Waals surface area contributed by atoms with Gasteiger partial charge in [-0.3, -0.25) is 0 Å². The van der Waals surface area contributed by atoms with Gasteiger partial charge in [0.2, 0.25) is 10.0 Å². The summed E-state index contributed by atoms with van der Waals surface area (Å²) >= 11 is 0. The van der Waals surface area contributed by atoms with Gasteiger partial charge in [0.25, 0.3) is 0 Å². The van der Waals surface area contributed by atoms with Crippen LogP contribution >= 0.6 is 0 Å². The molecule has 3 aromatic rings. The molecule has 1 amide bonds. The fourth-order valence-electron chi connectivity index (χ4n) is 6.96. The molecule has 0 N–H and O–H groups in total. The molecular formula is C35H42F3N3O5S. The highest BCUT2D eigenvalue weighted by molar-refractivity contribution is 7.89. The van der Waals surface area contributed by atoms with Crippen LogP contribution in [0.15, 0.2) is 89.8 Å². The molecule has 3 aromatic carbocycles. The Morgan fingerprint density at radius 1 is 0.894 bits per heavy atom. The number of rotatable bonds is 11. The molecule has 5 rings (SSSR count). The maximum atomic E-state index is 13.6. The number of alkyl halides is 3. The average Bonchev–Trinajstić information content (AvgIpc) is 3.48. The van der Waals surface area contributed by atoms with E-state index in [1.54, 1.807) is 7.05 Å². The number of benzene rings is 3. The molecule has 2 fully saturated rings. The van der Waals surface area contributed by atoms with Crippen molar-refractivity contribution in [2.75, 3.05) is 33.2 Å². The molecule has 12 heteroatoms. The van der Waals surface area contributed by atoms with Crippen molar-refractivity contribution < 1.29 is 35.9 Å². The van der Waals surface area contributed by atoms with Crippen molar-refractivity contribution in [2.24, 2.45) is 5.92 Å². The molecule has 47 heavy (non-hydrogen) atoms. The highest BCUT2D eigenvalue weighted by atomic mass is 32.2. The zero-order valence-electron chi connectivity index (χ0n) is 26.7. The number of halogens is 3. The van der Waals surface area contributed by atoms with E-state index < -0.39 is 22.1 Å². The minimum Gasteiger partial charge on any atom is -0.445 e. The molecular weight excluding hydrogens is 631 g/mol. The highest BCUT2D eigenvalue weighted by Gasteiger charge is 2.42. The molecule has 1 aliphatic carbocycles. The van der Waals surface area contributed by atoms with Crippen LogP contribution in [0.2, 0.25) is 0 Å². The number of amides is 1. The Kier molecular flexibility index (Phi) is 11.1. The van der Waals surface area contributed by atoms with Crippen LogP contribution in [0, 0.1) is 5.92 Å². The smallest absolute Gasteiger partial charge is 0.445 e. The van der Waals surface area contributed by atoms with Crippen LogP contribution in [0.3, 0.4) is 0 Å². The molecule has 0 spiro atoms. The predicted octanol–water partition coefficient (Wildman–Crippen LogP) is 6.89. The Morgan fingerprint density at radius 3 is 2.11 bits per heavy atom. The van der Waals surface area contributed by atoms with Gasteiger partial charge in [-0.2, -0.15) is 4.31 Å². The van der Waals surface area contributed by atoms with Crippen molar-refractivity contribution in [3.63, 3.8) is 0 Å². The number of hydrogen-bond donors (Lipinski definition) is 0. The average molecular weight is 674 g/mol. The van der Waals surface area contributed by atoms with Gasteiger partial charge in [0.1, 0.15) is 12.4 Å². The van der Waals surface area contributed by atoms with Crippen LogP contribution in [0.25, 0.3) is 0 Å². The maximum absolute atomic E-state index is 13.6. The third kappa shape index (κ3) is 8.85. The van der Waals surface area contributed by atoms with E-state index >= 15 is 0 Å². The van der Waals surface area contributed by atoms with E-state index in [4.69, 9.17) is 4.74 Å². The van der Waals surface area contributed by atoms with E-state index in [1.165, 1.54) is 4.31 Å². The Balaban J connectivity index is 1.21. The third-order valence-corrected chi connectivity index (χ3v) is 11.3. The summed E-state index contributed by atoms with van der Waals surface area (Å²) in [6.45, 7) is 5.20. The second kappa shape index (κ2) is 15.1. The van der Waals surface area contributed by atoms with Gasteiger partial charge in [0, 0.05) is 45.3 Å². The lowest BCUT2D eigenvalue weighted by atomic mass is 9.88. The lowest BCUT2D eigenvalue weighted by molar-refractivity contribution is -0.274. The number of ether oxygens (including phenoxy) is 2. The molecule has 3 atom stereocenters. The van der Waals surface area contributed by atoms with E-state index in [9.17, 15) is 26.4 Å². The quantitative estimate of drug-likeness (QED) is 0.221. The summed E-state index contributed by atoms with van der Waals surface area (Å²) in [5.41, 5.74) is 2.11. The van der Waals surface area contributed by atoms with E-state index in [0.717, 1.165) is 67.9 Å². The molecule has 1 heterocycles. The monoisotopic (exact) mass is 673 g/mol. The van der Waals surface area contributed by atoms with Crippen molar-refractivity contribution in [3.05, 3.63) is 96.1 Å². The molecule has 1 saturated heterocycles. The predicted molar refractivity (Wildman–Crippen MR) is 172 cm³/mol. The van der Waals surface area contributed by atoms with Gasteiger partial charge >= 0.3 is 12.5 Å². The molecule has 0 aromatic heterocycles. The summed E-state index contributed by atoms with van der Waals surface area (Å²) in [7, 11) is -2.41. The van der Waals surface area contributed by atoms with E-state index in [1.807, 2.05) is 60.4 Å². The minimum absolute atomic E-state index is 0.0842. The number of hydrogen-bond acceptors (Lipinski definition) is 6. The summed E-state index contributed by atoms with van der Waals surface area (Å²) < 4.78 is 75.9. The van der Waals surface area contributed by atoms with Gasteiger partial charge in [0.05, 0.1) is 4.90 Å². The zero-order valence-corrected chi connectivity index (χ0v) is 27.5. The van der Waals surface area contributed by atoms with Crippen LogP contribution in [0.5, 0.6) is 5.75 Å². The number of piperidine rings is 1. The van der Waals surface area contributed by atoms with Crippen LogP contribution < -0.4 is 4.74 Å². The van der Waals surface area contributed by atoms with Crippen molar-refractivity contribution in [3.8, 4) is 5.75 Å². The highest BCUT2D eigenvalue weighted by Crippen LogP contribution is 2.43. The number of likely N-dealkylation sites (tertiary alicyclic amines) is 1. The van der Waals surface area contributed by atoms with Gasteiger partial charge in [-0.15, -0.1) is 13.2 Å². The van der Waals surface area contributed by atoms with Crippen molar-refractivity contribution in [2.45, 2.75) is 68.5 Å². The van der Waals surface area contributed by atoms with Crippen molar-refractivity contribution in [1.29, 1.82) is 0 Å². The van der Waals surface area contributed by atoms with Gasteiger partial charge in [-0.25, -0.2) is 13.2 Å². The maximum Gasteiger partial charge on any atom is 0.573 e. The first-order chi connectivity index (χ1) is 22.4. The Hall–Kier alpha value is -3.61. The molecule has 0 bridgehead atoms. The Bertz CT molecular complexity index is 1550. The Labute approximate surface area is 275 Å². The van der Waals surface area contributed by atoms with Crippen LogP contribution in [0.1, 0.15) is 49.7 Å². The number of carbonyl (C=O) groups is 1. The van der Waals surface area contributed by atoms with E-state index in [-0.39, 0.29) is 41.5 Å². The van der Waals surface area contributed by atoms with Crippen LogP contribution in [-0.2, 0) is 21.4 Å². The number of nitrogens with zero attached hydrogens (tertiary/aromatic N) is 3. The van der Waals surface area contributed by atoms with Crippen LogP contribution in [0.4, 0.5) is 18.0 Å². The van der Waals surface area contributed by atoms with Gasteiger partial charge in [0.15, 0.2) is 0 Å². The van der Waals surface area contributed by atoms with E-state index in [0.29, 0.717) is 19.4 Å². The molecule has 1 saturated carbocycles. The molecule has 1 unspecified atom stereocenters. The molecule has 0 radical (unpaired) electrons. The van der Waals surface area contributed by atoms with Crippen molar-refractivity contribution in [1.82, 2.24) is 14.1 Å². The zero-order chi connectivity index (χ0) is 33.6. The lowest BCUT2D eigenvalue weighted by Crippen LogP contribution is -2.48. The molecule has 1 aliphatic heterocycles. The summed E-state index contributed by atoms with van der Waals surface area (Å²) in [4.78, 5) is 17.1. The first kappa shape index (κ1) is 34.7. The SMILES string of the molecule is CCN(C(=O)OCc1ccccc1)C1CCN(C[C@H]2CC(N(C)S(=O)(=O)c3ccc(OC(F)(F)F)cc3)C[C@@H]2c2ccccc2)CC1. The van der Waals surface area contributed by atoms with E-state index in [2.05, 4.69) is 21.8 Å². The van der Waals surface area contributed by atoms with Gasteiger partial charge in [-0.05, 0) is 79.8 Å². The summed E-state index contributed by atoms with van der Waals surface area (Å²) in [5, 5.41) is 0. The van der Waals surface area contributed by atoms with Gasteiger partial charge < -0.3 is 19.3 Å². The molecule has 8 nitrogen and oxygen atoms in total. The second-order valence-electron chi connectivity index (χ2n) is 12.3. The fraction of sp³-hybridized carbons (Fsp3) is 0.457. The molecule has 2 aliphatic rings. The topological polar surface area (TPSA) is 79.4 Å². The minimum atomic E-state index is -4.86. The number of carbonyl (C=O) groups excluding carboxylic acids is 1. The largest absolute Gasteiger partial charge is 0.573 e. The Morgan fingerprint density at radius 2 is 1.51 bits per heavy atom. The standard InChI is InChI=1S/C35H42F3N3O5S/c1-3-41(34(42)45-25-26-10-6-4-7-11-26)29-18-20-40(21-19-29)24-28-22-30(23-33(28)27-12-8-5-9-13-27)39(2)47(43,44)32-16-14-31(15-17-32)46-35(36,37)38/h4-17,28-30,33H,3,18-25H2,1-2H3/t28-,30?,33-/m1/s1. The summed E-state index contributed by atoms with van der Waals surface area (Å²) in [6.07, 6.45) is -2.23. The van der Waals surface area contributed by atoms with Crippen LogP contribution in [-0.4, -0.2) is 80.3 Å².